The fourth-order valence-corrected chi connectivity index (χ4v) is 5.84. The molecular weight excluding hydrogens is 550 g/mol. The molecule has 4 rings (SSSR count). The molecule has 7 nitrogen and oxygen atoms in total. The first-order chi connectivity index (χ1) is 18.4. The van der Waals surface area contributed by atoms with Crippen molar-refractivity contribution in [2.24, 2.45) is 0 Å². The lowest BCUT2D eigenvalue weighted by atomic mass is 9.83. The number of aliphatic hydroxyl groups is 1. The van der Waals surface area contributed by atoms with Crippen LogP contribution in [0.3, 0.4) is 0 Å². The summed E-state index contributed by atoms with van der Waals surface area (Å²) in [5.74, 6) is -4.52. The van der Waals surface area contributed by atoms with Crippen molar-refractivity contribution in [3.63, 3.8) is 0 Å². The van der Waals surface area contributed by atoms with Crippen molar-refractivity contribution in [3.05, 3.63) is 94.5 Å². The van der Waals surface area contributed by atoms with Crippen molar-refractivity contribution in [2.75, 3.05) is 18.5 Å². The van der Waals surface area contributed by atoms with Gasteiger partial charge in [-0.3, -0.25) is 4.79 Å². The molecule has 3 aromatic rings. The highest BCUT2D eigenvalue weighted by atomic mass is 35.5. The molecule has 2 atom stereocenters. The molecule has 3 aromatic carbocycles. The summed E-state index contributed by atoms with van der Waals surface area (Å²) in [6, 6.07) is 17.8. The van der Waals surface area contributed by atoms with Crippen LogP contribution in [0.2, 0.25) is 5.02 Å². The van der Waals surface area contributed by atoms with Crippen molar-refractivity contribution in [1.82, 2.24) is 4.72 Å². The van der Waals surface area contributed by atoms with Gasteiger partial charge in [0, 0.05) is 35.7 Å². The number of carbonyl (C=O) groups excluding carboxylic acids is 1. The van der Waals surface area contributed by atoms with Crippen LogP contribution in [0.15, 0.2) is 77.7 Å². The highest BCUT2D eigenvalue weighted by Gasteiger charge is 2.55. The number of aryl methyl sites for hydroxylation is 1. The number of fused-ring (bicyclic) bond motifs is 1. The molecule has 0 unspecified atom stereocenters. The summed E-state index contributed by atoms with van der Waals surface area (Å²) >= 11 is 6.04. The predicted octanol–water partition coefficient (Wildman–Crippen LogP) is 4.81. The maximum Gasteiger partial charge on any atom is 0.324 e. The van der Waals surface area contributed by atoms with E-state index in [4.69, 9.17) is 16.3 Å². The summed E-state index contributed by atoms with van der Waals surface area (Å²) in [5, 5.41) is 14.3. The molecule has 0 amide bonds. The zero-order chi connectivity index (χ0) is 28.3. The number of sulfonamides is 1. The number of nitrogens with one attached hydrogen (secondary N) is 2. The first-order valence-corrected chi connectivity index (χ1v) is 14.2. The molecule has 0 fully saturated rings. The number of anilines is 1. The van der Waals surface area contributed by atoms with E-state index in [0.29, 0.717) is 11.3 Å². The third kappa shape index (κ3) is 6.58. The maximum absolute atomic E-state index is 15.2. The van der Waals surface area contributed by atoms with E-state index in [1.165, 1.54) is 30.3 Å². The number of alkyl halides is 2. The van der Waals surface area contributed by atoms with E-state index in [1.54, 1.807) is 42.5 Å². The molecule has 39 heavy (non-hydrogen) atoms. The fraction of sp³-hybridized carbons (Fsp3) is 0.321. The van der Waals surface area contributed by atoms with E-state index in [1.807, 2.05) is 6.92 Å². The van der Waals surface area contributed by atoms with Gasteiger partial charge in [-0.15, -0.1) is 0 Å². The molecule has 0 spiro atoms. The van der Waals surface area contributed by atoms with Crippen LogP contribution in [0.5, 0.6) is 0 Å². The lowest BCUT2D eigenvalue weighted by molar-refractivity contribution is -0.198. The Morgan fingerprint density at radius 1 is 1.13 bits per heavy atom. The van der Waals surface area contributed by atoms with Crippen LogP contribution in [-0.4, -0.2) is 44.6 Å². The van der Waals surface area contributed by atoms with Gasteiger partial charge in [-0.05, 0) is 49.2 Å². The minimum Gasteiger partial charge on any atom is -0.464 e. The van der Waals surface area contributed by atoms with E-state index in [2.05, 4.69) is 10.0 Å². The molecule has 0 radical (unpaired) electrons. The van der Waals surface area contributed by atoms with E-state index in [0.717, 1.165) is 5.56 Å². The number of rotatable bonds is 9. The summed E-state index contributed by atoms with van der Waals surface area (Å²) in [6.07, 6.45) is -1.33. The number of ether oxygens (including phenoxy) is 1. The van der Waals surface area contributed by atoms with Gasteiger partial charge in [0.15, 0.2) is 5.60 Å². The van der Waals surface area contributed by atoms with Crippen LogP contribution in [0, 0.1) is 6.92 Å². The van der Waals surface area contributed by atoms with Gasteiger partial charge < -0.3 is 15.2 Å². The Kier molecular flexibility index (Phi) is 8.60. The topological polar surface area (TPSA) is 105 Å². The van der Waals surface area contributed by atoms with Crippen LogP contribution < -0.4 is 10.0 Å². The lowest BCUT2D eigenvalue weighted by Crippen LogP contribution is -2.47. The van der Waals surface area contributed by atoms with Crippen LogP contribution in [0.25, 0.3) is 0 Å². The molecule has 0 saturated heterocycles. The monoisotopic (exact) mass is 578 g/mol. The molecule has 3 N–H and O–H groups in total. The summed E-state index contributed by atoms with van der Waals surface area (Å²) in [6.45, 7) is 1.14. The van der Waals surface area contributed by atoms with Crippen molar-refractivity contribution in [1.29, 1.82) is 0 Å². The van der Waals surface area contributed by atoms with Gasteiger partial charge in [-0.2, -0.15) is 4.72 Å². The van der Waals surface area contributed by atoms with Crippen LogP contribution in [0.4, 0.5) is 14.5 Å². The highest BCUT2D eigenvalue weighted by molar-refractivity contribution is 7.89. The zero-order valence-electron chi connectivity index (χ0n) is 21.2. The highest BCUT2D eigenvalue weighted by Crippen LogP contribution is 2.47. The van der Waals surface area contributed by atoms with Gasteiger partial charge in [0.05, 0.1) is 11.5 Å². The minimum atomic E-state index is -4.11. The predicted molar refractivity (Wildman–Crippen MR) is 144 cm³/mol. The molecule has 208 valence electrons. The number of halogens is 3. The average molecular weight is 579 g/mol. The van der Waals surface area contributed by atoms with Crippen LogP contribution >= 0.6 is 11.6 Å². The summed E-state index contributed by atoms with van der Waals surface area (Å²) in [4.78, 5) is 13.1. The minimum absolute atomic E-state index is 0.0342. The van der Waals surface area contributed by atoms with Crippen molar-refractivity contribution < 1.29 is 31.8 Å². The van der Waals surface area contributed by atoms with E-state index >= 15 is 8.78 Å². The maximum atomic E-state index is 15.2. The second-order valence-corrected chi connectivity index (χ2v) is 11.7. The van der Waals surface area contributed by atoms with Crippen molar-refractivity contribution >= 4 is 33.3 Å². The third-order valence-electron chi connectivity index (χ3n) is 6.69. The number of benzene rings is 3. The van der Waals surface area contributed by atoms with Gasteiger partial charge in [-0.1, -0.05) is 59.6 Å². The Labute approximate surface area is 231 Å². The quantitative estimate of drug-likeness (QED) is 0.315. The Balaban J connectivity index is 1.54. The molecular formula is C28H29ClF2N2O5S. The number of hydrogen-bond acceptors (Lipinski definition) is 6. The first kappa shape index (κ1) is 28.9. The Morgan fingerprint density at radius 3 is 2.51 bits per heavy atom. The Morgan fingerprint density at radius 2 is 1.82 bits per heavy atom. The molecule has 0 aliphatic carbocycles. The van der Waals surface area contributed by atoms with Gasteiger partial charge in [0.25, 0.3) is 5.92 Å². The van der Waals surface area contributed by atoms with E-state index in [-0.39, 0.29) is 28.4 Å². The molecule has 1 aliphatic rings. The fourth-order valence-electron chi connectivity index (χ4n) is 4.48. The second-order valence-electron chi connectivity index (χ2n) is 9.53. The normalized spacial score (nSPS) is 19.3. The third-order valence-corrected chi connectivity index (χ3v) is 8.41. The SMILES string of the molecule is Cc1ccc(S(=O)(=O)N[C@H](Cc2ccccc2)C(=O)OCC[C@]2(O)c3cc(Cl)ccc3NCCC2(F)F)cc1. The number of carbonyl (C=O) groups is 1. The largest absolute Gasteiger partial charge is 0.464 e. The summed E-state index contributed by atoms with van der Waals surface area (Å²) < 4.78 is 64.1. The van der Waals surface area contributed by atoms with E-state index in [9.17, 15) is 18.3 Å². The van der Waals surface area contributed by atoms with Crippen LogP contribution in [-0.2, 0) is 31.6 Å². The van der Waals surface area contributed by atoms with Crippen molar-refractivity contribution in [3.8, 4) is 0 Å². The van der Waals surface area contributed by atoms with Gasteiger partial charge in [0.1, 0.15) is 6.04 Å². The Hall–Kier alpha value is -3.05. The number of esters is 1. The molecule has 1 aliphatic heterocycles. The van der Waals surface area contributed by atoms with Crippen molar-refractivity contribution in [2.45, 2.75) is 48.6 Å². The molecule has 11 heteroatoms. The molecule has 0 bridgehead atoms. The standard InChI is InChI=1S/C28H29ClF2N2O5S/c1-19-7-10-22(11-8-19)39(36,37)33-25(17-20-5-3-2-4-6-20)26(34)38-16-14-27(35)23-18-21(29)9-12-24(23)32-15-13-28(27,30)31/h2-12,18,25,32-33,35H,13-17H2,1H3/t25-,27+/m1/s1. The molecule has 0 saturated carbocycles. The summed E-state index contributed by atoms with van der Waals surface area (Å²) in [7, 11) is -4.11. The molecule has 0 aromatic heterocycles. The summed E-state index contributed by atoms with van der Waals surface area (Å²) in [5.41, 5.74) is -0.948. The van der Waals surface area contributed by atoms with Gasteiger partial charge in [-0.25, -0.2) is 17.2 Å². The smallest absolute Gasteiger partial charge is 0.324 e. The Bertz CT molecular complexity index is 1420. The van der Waals surface area contributed by atoms with E-state index < -0.39 is 53.0 Å². The van der Waals surface area contributed by atoms with Gasteiger partial charge in [0.2, 0.25) is 10.0 Å². The number of hydrogen-bond donors (Lipinski definition) is 3. The van der Waals surface area contributed by atoms with Gasteiger partial charge >= 0.3 is 5.97 Å². The van der Waals surface area contributed by atoms with Crippen LogP contribution in [0.1, 0.15) is 29.5 Å². The first-order valence-electron chi connectivity index (χ1n) is 12.3. The molecule has 1 heterocycles. The second kappa shape index (κ2) is 11.6. The lowest BCUT2D eigenvalue weighted by Gasteiger charge is -2.35. The zero-order valence-corrected chi connectivity index (χ0v) is 22.7. The average Bonchev–Trinajstić information content (AvgIpc) is 2.98.